The zero-order valence-corrected chi connectivity index (χ0v) is 17.6. The summed E-state index contributed by atoms with van der Waals surface area (Å²) in [6.07, 6.45) is 9.28. The van der Waals surface area contributed by atoms with Crippen LogP contribution in [0.15, 0.2) is 18.3 Å². The quantitative estimate of drug-likeness (QED) is 0.781. The molecular formula is C23H33N3O3. The lowest BCUT2D eigenvalue weighted by molar-refractivity contribution is -0.135. The predicted octanol–water partition coefficient (Wildman–Crippen LogP) is 3.05. The van der Waals surface area contributed by atoms with Crippen molar-refractivity contribution in [3.8, 4) is 0 Å². The standard InChI is InChI=1S/C23H33N3O3/c1-18-5-6-19(15-24-18)22(28)26-16-20(23(17-26)9-3-2-4-10-23)7-8-21(27)25-11-13-29-14-12-25/h5-6,15,20H,2-4,7-14,16-17H2,1H3. The molecule has 3 aliphatic rings. The van der Waals surface area contributed by atoms with E-state index < -0.39 is 0 Å². The van der Waals surface area contributed by atoms with Crippen molar-refractivity contribution in [3.05, 3.63) is 29.6 Å². The van der Waals surface area contributed by atoms with E-state index in [1.807, 2.05) is 28.9 Å². The van der Waals surface area contributed by atoms with Crippen LogP contribution < -0.4 is 0 Å². The third-order valence-electron chi connectivity index (χ3n) is 7.18. The van der Waals surface area contributed by atoms with Crippen molar-refractivity contribution in [1.29, 1.82) is 0 Å². The molecule has 0 N–H and O–H groups in total. The van der Waals surface area contributed by atoms with E-state index in [2.05, 4.69) is 4.98 Å². The third-order valence-corrected chi connectivity index (χ3v) is 7.18. The van der Waals surface area contributed by atoms with Gasteiger partial charge in [-0.05, 0) is 49.7 Å². The van der Waals surface area contributed by atoms with E-state index in [1.54, 1.807) is 6.20 Å². The van der Waals surface area contributed by atoms with Crippen molar-refractivity contribution in [1.82, 2.24) is 14.8 Å². The van der Waals surface area contributed by atoms with Gasteiger partial charge in [0.05, 0.1) is 18.8 Å². The van der Waals surface area contributed by atoms with Crippen LogP contribution in [0.3, 0.4) is 0 Å². The highest BCUT2D eigenvalue weighted by Gasteiger charge is 2.48. The fourth-order valence-electron chi connectivity index (χ4n) is 5.45. The molecule has 1 aromatic rings. The van der Waals surface area contributed by atoms with Crippen LogP contribution >= 0.6 is 0 Å². The molecule has 6 heteroatoms. The monoisotopic (exact) mass is 399 g/mol. The molecule has 4 rings (SSSR count). The van der Waals surface area contributed by atoms with Gasteiger partial charge in [0.1, 0.15) is 0 Å². The van der Waals surface area contributed by atoms with Gasteiger partial charge < -0.3 is 14.5 Å². The van der Waals surface area contributed by atoms with Gasteiger partial charge in [-0.25, -0.2) is 0 Å². The zero-order chi connectivity index (χ0) is 20.3. The number of hydrogen-bond acceptors (Lipinski definition) is 4. The second-order valence-electron chi connectivity index (χ2n) is 9.03. The maximum Gasteiger partial charge on any atom is 0.255 e. The number of amides is 2. The van der Waals surface area contributed by atoms with Gasteiger partial charge in [-0.2, -0.15) is 0 Å². The molecule has 1 saturated carbocycles. The highest BCUT2D eigenvalue weighted by atomic mass is 16.5. The number of carbonyl (C=O) groups is 2. The van der Waals surface area contributed by atoms with Gasteiger partial charge in [0.15, 0.2) is 0 Å². The number of morpholine rings is 1. The van der Waals surface area contributed by atoms with Crippen LogP contribution in [-0.4, -0.2) is 66.0 Å². The first-order chi connectivity index (χ1) is 14.1. The Morgan fingerprint density at radius 2 is 1.90 bits per heavy atom. The Labute approximate surface area is 173 Å². The molecular weight excluding hydrogens is 366 g/mol. The van der Waals surface area contributed by atoms with Crippen LogP contribution in [0.5, 0.6) is 0 Å². The Morgan fingerprint density at radius 1 is 1.14 bits per heavy atom. The molecule has 0 bridgehead atoms. The van der Waals surface area contributed by atoms with E-state index in [-0.39, 0.29) is 17.2 Å². The van der Waals surface area contributed by atoms with Crippen molar-refractivity contribution in [2.45, 2.75) is 51.9 Å². The Hall–Kier alpha value is -1.95. The molecule has 2 saturated heterocycles. The Bertz CT molecular complexity index is 721. The van der Waals surface area contributed by atoms with E-state index in [1.165, 1.54) is 32.1 Å². The van der Waals surface area contributed by atoms with Crippen molar-refractivity contribution in [3.63, 3.8) is 0 Å². The van der Waals surface area contributed by atoms with Gasteiger partial charge >= 0.3 is 0 Å². The molecule has 158 valence electrons. The Morgan fingerprint density at radius 3 is 2.59 bits per heavy atom. The summed E-state index contributed by atoms with van der Waals surface area (Å²) in [6, 6.07) is 3.78. The molecule has 3 heterocycles. The second-order valence-corrected chi connectivity index (χ2v) is 9.03. The molecule has 6 nitrogen and oxygen atoms in total. The number of hydrogen-bond donors (Lipinski definition) is 0. The van der Waals surface area contributed by atoms with E-state index in [4.69, 9.17) is 4.74 Å². The van der Waals surface area contributed by atoms with Gasteiger partial charge in [0.25, 0.3) is 5.91 Å². The summed E-state index contributed by atoms with van der Waals surface area (Å²) in [4.78, 5) is 34.1. The predicted molar refractivity (Wildman–Crippen MR) is 111 cm³/mol. The molecule has 0 aromatic carbocycles. The number of nitrogens with zero attached hydrogens (tertiary/aromatic N) is 3. The molecule has 1 aliphatic carbocycles. The molecule has 0 radical (unpaired) electrons. The zero-order valence-electron chi connectivity index (χ0n) is 17.6. The third kappa shape index (κ3) is 4.47. The van der Waals surface area contributed by atoms with E-state index in [0.717, 1.165) is 25.2 Å². The Balaban J connectivity index is 1.43. The number of pyridine rings is 1. The van der Waals surface area contributed by atoms with Crippen LogP contribution in [0.2, 0.25) is 0 Å². The van der Waals surface area contributed by atoms with Crippen molar-refractivity contribution >= 4 is 11.8 Å². The molecule has 2 amide bonds. The molecule has 29 heavy (non-hydrogen) atoms. The number of aryl methyl sites for hydroxylation is 1. The topological polar surface area (TPSA) is 62.7 Å². The van der Waals surface area contributed by atoms with Crippen molar-refractivity contribution in [2.75, 3.05) is 39.4 Å². The van der Waals surface area contributed by atoms with E-state index >= 15 is 0 Å². The average Bonchev–Trinajstić information content (AvgIpc) is 3.10. The summed E-state index contributed by atoms with van der Waals surface area (Å²) in [7, 11) is 0. The van der Waals surface area contributed by atoms with E-state index in [0.29, 0.717) is 44.2 Å². The molecule has 1 atom stereocenters. The second kappa shape index (κ2) is 8.82. The fourth-order valence-corrected chi connectivity index (χ4v) is 5.45. The van der Waals surface area contributed by atoms with Crippen molar-refractivity contribution in [2.24, 2.45) is 11.3 Å². The first-order valence-corrected chi connectivity index (χ1v) is 11.1. The fraction of sp³-hybridized carbons (Fsp3) is 0.696. The smallest absolute Gasteiger partial charge is 0.255 e. The number of carbonyl (C=O) groups excluding carboxylic acids is 2. The van der Waals surface area contributed by atoms with Gasteiger partial charge in [0, 0.05) is 44.5 Å². The lowest BCUT2D eigenvalue weighted by Gasteiger charge is -2.38. The van der Waals surface area contributed by atoms with Gasteiger partial charge in [-0.1, -0.05) is 19.3 Å². The highest BCUT2D eigenvalue weighted by molar-refractivity contribution is 5.94. The minimum atomic E-state index is 0.0875. The maximum absolute atomic E-state index is 13.1. The SMILES string of the molecule is Cc1ccc(C(=O)N2CC(CCC(=O)N3CCOCC3)C3(CCCCC3)C2)cn1. The minimum Gasteiger partial charge on any atom is -0.378 e. The summed E-state index contributed by atoms with van der Waals surface area (Å²) in [6.45, 7) is 6.24. The molecule has 1 spiro atoms. The van der Waals surface area contributed by atoms with Gasteiger partial charge in [-0.15, -0.1) is 0 Å². The van der Waals surface area contributed by atoms with Crippen LogP contribution in [0, 0.1) is 18.3 Å². The van der Waals surface area contributed by atoms with Gasteiger partial charge in [0.2, 0.25) is 5.91 Å². The summed E-state index contributed by atoms with van der Waals surface area (Å²) in [5.74, 6) is 0.742. The number of likely N-dealkylation sites (tertiary alicyclic amines) is 1. The summed E-state index contributed by atoms with van der Waals surface area (Å²) in [5, 5.41) is 0. The summed E-state index contributed by atoms with van der Waals surface area (Å²) < 4.78 is 5.36. The largest absolute Gasteiger partial charge is 0.378 e. The maximum atomic E-state index is 13.1. The van der Waals surface area contributed by atoms with Gasteiger partial charge in [-0.3, -0.25) is 14.6 Å². The molecule has 3 fully saturated rings. The first kappa shape index (κ1) is 20.3. The number of rotatable bonds is 4. The molecule has 1 aromatic heterocycles. The Kier molecular flexibility index (Phi) is 6.18. The van der Waals surface area contributed by atoms with E-state index in [9.17, 15) is 9.59 Å². The summed E-state index contributed by atoms with van der Waals surface area (Å²) >= 11 is 0. The lowest BCUT2D eigenvalue weighted by Crippen LogP contribution is -2.41. The van der Waals surface area contributed by atoms with Crippen LogP contribution in [0.4, 0.5) is 0 Å². The minimum absolute atomic E-state index is 0.0875. The van der Waals surface area contributed by atoms with Crippen LogP contribution in [0.1, 0.15) is 61.0 Å². The lowest BCUT2D eigenvalue weighted by atomic mass is 9.66. The van der Waals surface area contributed by atoms with Crippen LogP contribution in [-0.2, 0) is 9.53 Å². The highest BCUT2D eigenvalue weighted by Crippen LogP contribution is 2.49. The van der Waals surface area contributed by atoms with Crippen LogP contribution in [0.25, 0.3) is 0 Å². The molecule has 2 aliphatic heterocycles. The number of aromatic nitrogens is 1. The average molecular weight is 400 g/mol. The first-order valence-electron chi connectivity index (χ1n) is 11.1. The number of ether oxygens (including phenoxy) is 1. The van der Waals surface area contributed by atoms with Crippen molar-refractivity contribution < 1.29 is 14.3 Å². The summed E-state index contributed by atoms with van der Waals surface area (Å²) in [5.41, 5.74) is 1.79. The molecule has 1 unspecified atom stereocenters. The normalized spacial score (nSPS) is 24.1.